The summed E-state index contributed by atoms with van der Waals surface area (Å²) in [6.07, 6.45) is 0.726. The number of carbonyl (C=O) groups excluding carboxylic acids is 2. The number of carbonyl (C=O) groups is 2. The molecule has 0 saturated heterocycles. The van der Waals surface area contributed by atoms with Crippen LogP contribution in [0.25, 0.3) is 0 Å². The summed E-state index contributed by atoms with van der Waals surface area (Å²) in [6.45, 7) is 10.4. The first-order chi connectivity index (χ1) is 16.2. The van der Waals surface area contributed by atoms with Crippen LogP contribution in [0.2, 0.25) is 0 Å². The van der Waals surface area contributed by atoms with Gasteiger partial charge in [0.15, 0.2) is 0 Å². The van der Waals surface area contributed by atoms with Crippen LogP contribution in [0.5, 0.6) is 0 Å². The molecule has 2 amide bonds. The van der Waals surface area contributed by atoms with E-state index in [0.717, 1.165) is 33.4 Å². The summed E-state index contributed by atoms with van der Waals surface area (Å²) >= 11 is 0. The molecule has 0 spiro atoms. The van der Waals surface area contributed by atoms with Gasteiger partial charge in [-0.2, -0.15) is 0 Å². The molecule has 3 rings (SSSR count). The van der Waals surface area contributed by atoms with Crippen LogP contribution in [0.15, 0.2) is 72.8 Å². The molecule has 34 heavy (non-hydrogen) atoms. The monoisotopic (exact) mass is 456 g/mol. The highest BCUT2D eigenvalue weighted by Gasteiger charge is 2.31. The Morgan fingerprint density at radius 2 is 1.47 bits per heavy atom. The minimum absolute atomic E-state index is 0.0137. The van der Waals surface area contributed by atoms with Crippen molar-refractivity contribution in [2.75, 3.05) is 0 Å². The van der Waals surface area contributed by atoms with Gasteiger partial charge >= 0.3 is 0 Å². The van der Waals surface area contributed by atoms with Crippen molar-refractivity contribution in [3.05, 3.63) is 106 Å². The van der Waals surface area contributed by atoms with E-state index in [1.54, 1.807) is 4.90 Å². The van der Waals surface area contributed by atoms with Gasteiger partial charge in [0.2, 0.25) is 11.8 Å². The Balaban J connectivity index is 2.01. The Morgan fingerprint density at radius 1 is 0.824 bits per heavy atom. The molecule has 3 aromatic carbocycles. The van der Waals surface area contributed by atoms with Crippen molar-refractivity contribution in [2.45, 2.75) is 66.1 Å². The molecule has 3 aromatic rings. The van der Waals surface area contributed by atoms with E-state index in [1.807, 2.05) is 89.2 Å². The molecule has 0 unspecified atom stereocenters. The van der Waals surface area contributed by atoms with Crippen LogP contribution in [0.4, 0.5) is 0 Å². The average Bonchev–Trinajstić information content (AvgIpc) is 2.80. The van der Waals surface area contributed by atoms with Gasteiger partial charge in [0.25, 0.3) is 0 Å². The number of hydrogen-bond donors (Lipinski definition) is 1. The zero-order valence-electron chi connectivity index (χ0n) is 21.0. The Bertz CT molecular complexity index is 1120. The lowest BCUT2D eigenvalue weighted by Gasteiger charge is -2.32. The molecule has 4 heteroatoms. The van der Waals surface area contributed by atoms with Crippen LogP contribution >= 0.6 is 0 Å². The molecule has 1 N–H and O–H groups in total. The Morgan fingerprint density at radius 3 is 2.15 bits per heavy atom. The zero-order valence-corrected chi connectivity index (χ0v) is 21.0. The van der Waals surface area contributed by atoms with E-state index >= 15 is 0 Å². The fourth-order valence-corrected chi connectivity index (χ4v) is 4.16. The summed E-state index contributed by atoms with van der Waals surface area (Å²) in [5, 5.41) is 3.05. The van der Waals surface area contributed by atoms with Crippen LogP contribution in [-0.2, 0) is 29.0 Å². The number of rotatable bonds is 9. The topological polar surface area (TPSA) is 49.4 Å². The van der Waals surface area contributed by atoms with Gasteiger partial charge < -0.3 is 10.2 Å². The first kappa shape index (κ1) is 25.2. The molecule has 0 aliphatic carbocycles. The van der Waals surface area contributed by atoms with Gasteiger partial charge in [0.1, 0.15) is 6.04 Å². The van der Waals surface area contributed by atoms with Crippen LogP contribution in [0, 0.1) is 20.8 Å². The normalized spacial score (nSPS) is 11.8. The minimum atomic E-state index is -0.609. The third-order valence-electron chi connectivity index (χ3n) is 6.15. The molecular weight excluding hydrogens is 420 g/mol. The van der Waals surface area contributed by atoms with Gasteiger partial charge in [-0.3, -0.25) is 9.59 Å². The highest BCUT2D eigenvalue weighted by Crippen LogP contribution is 2.20. The fraction of sp³-hybridized carbons (Fsp3) is 0.333. The zero-order chi connectivity index (χ0) is 24.7. The second-order valence-electron chi connectivity index (χ2n) is 9.42. The predicted octanol–water partition coefficient (Wildman–Crippen LogP) is 5.32. The first-order valence-corrected chi connectivity index (χ1v) is 12.0. The number of amides is 2. The number of hydrogen-bond acceptors (Lipinski definition) is 2. The summed E-state index contributed by atoms with van der Waals surface area (Å²) in [5.41, 5.74) is 6.39. The maximum Gasteiger partial charge on any atom is 0.243 e. The van der Waals surface area contributed by atoms with Crippen molar-refractivity contribution in [1.29, 1.82) is 0 Å². The van der Waals surface area contributed by atoms with Crippen LogP contribution in [0.1, 0.15) is 47.2 Å². The molecule has 0 fully saturated rings. The predicted molar refractivity (Wildman–Crippen MR) is 139 cm³/mol. The van der Waals surface area contributed by atoms with Gasteiger partial charge in [0.05, 0.1) is 6.42 Å². The summed E-state index contributed by atoms with van der Waals surface area (Å²) in [4.78, 5) is 29.1. The first-order valence-electron chi connectivity index (χ1n) is 12.0. The van der Waals surface area contributed by atoms with Gasteiger partial charge in [-0.1, -0.05) is 78.4 Å². The molecule has 0 aliphatic rings. The summed E-state index contributed by atoms with van der Waals surface area (Å²) in [7, 11) is 0. The van der Waals surface area contributed by atoms with E-state index in [0.29, 0.717) is 13.0 Å². The van der Waals surface area contributed by atoms with Crippen molar-refractivity contribution in [1.82, 2.24) is 10.2 Å². The highest BCUT2D eigenvalue weighted by molar-refractivity contribution is 5.89. The molecule has 0 bridgehead atoms. The van der Waals surface area contributed by atoms with E-state index in [-0.39, 0.29) is 24.3 Å². The maximum atomic E-state index is 13.9. The largest absolute Gasteiger partial charge is 0.352 e. The third kappa shape index (κ3) is 6.80. The van der Waals surface area contributed by atoms with E-state index < -0.39 is 6.04 Å². The lowest BCUT2D eigenvalue weighted by atomic mass is 9.98. The summed E-state index contributed by atoms with van der Waals surface area (Å²) < 4.78 is 0. The molecule has 0 radical (unpaired) electrons. The fourth-order valence-electron chi connectivity index (χ4n) is 4.16. The second-order valence-corrected chi connectivity index (χ2v) is 9.42. The molecule has 178 valence electrons. The Kier molecular flexibility index (Phi) is 8.64. The third-order valence-corrected chi connectivity index (χ3v) is 6.15. The van der Waals surface area contributed by atoms with E-state index in [9.17, 15) is 9.59 Å². The SMILES string of the molecule is Cc1ccc(C)c(CC(=O)N(Cc2ccccc2C)[C@@H](Cc2ccccc2)C(=O)NC(C)C)c1. The summed E-state index contributed by atoms with van der Waals surface area (Å²) in [6, 6.07) is 23.5. The van der Waals surface area contributed by atoms with Crippen molar-refractivity contribution in [3.63, 3.8) is 0 Å². The molecule has 0 saturated carbocycles. The van der Waals surface area contributed by atoms with Crippen molar-refractivity contribution in [3.8, 4) is 0 Å². The molecule has 0 heterocycles. The highest BCUT2D eigenvalue weighted by atomic mass is 16.2. The van der Waals surface area contributed by atoms with Gasteiger partial charge in [0, 0.05) is 19.0 Å². The molecule has 0 aromatic heterocycles. The number of nitrogens with one attached hydrogen (secondary N) is 1. The lowest BCUT2D eigenvalue weighted by Crippen LogP contribution is -2.52. The van der Waals surface area contributed by atoms with Gasteiger partial charge in [-0.05, 0) is 62.4 Å². The second kappa shape index (κ2) is 11.6. The molecular formula is C30H36N2O2. The van der Waals surface area contributed by atoms with Crippen LogP contribution in [-0.4, -0.2) is 28.8 Å². The van der Waals surface area contributed by atoms with Crippen molar-refractivity contribution >= 4 is 11.8 Å². The van der Waals surface area contributed by atoms with Crippen molar-refractivity contribution < 1.29 is 9.59 Å². The van der Waals surface area contributed by atoms with E-state index in [4.69, 9.17) is 0 Å². The van der Waals surface area contributed by atoms with E-state index in [1.165, 1.54) is 0 Å². The summed E-state index contributed by atoms with van der Waals surface area (Å²) in [5.74, 6) is -0.168. The van der Waals surface area contributed by atoms with Gasteiger partial charge in [-0.15, -0.1) is 0 Å². The molecule has 1 atom stereocenters. The minimum Gasteiger partial charge on any atom is -0.352 e. The average molecular weight is 457 g/mol. The Labute approximate surface area is 204 Å². The lowest BCUT2D eigenvalue weighted by molar-refractivity contribution is -0.141. The van der Waals surface area contributed by atoms with Crippen LogP contribution in [0.3, 0.4) is 0 Å². The van der Waals surface area contributed by atoms with Crippen molar-refractivity contribution in [2.24, 2.45) is 0 Å². The molecule has 0 aliphatic heterocycles. The number of aryl methyl sites for hydroxylation is 3. The van der Waals surface area contributed by atoms with Crippen LogP contribution < -0.4 is 5.32 Å². The quantitative estimate of drug-likeness (QED) is 0.474. The van der Waals surface area contributed by atoms with Gasteiger partial charge in [-0.25, -0.2) is 0 Å². The Hall–Kier alpha value is -3.40. The number of benzene rings is 3. The van der Waals surface area contributed by atoms with E-state index in [2.05, 4.69) is 23.5 Å². The smallest absolute Gasteiger partial charge is 0.243 e. The standard InChI is InChI=1S/C30H36N2O2/c1-21(2)31-30(34)28(18-25-12-7-6-8-13-25)32(20-26-14-10-9-11-23(26)4)29(33)19-27-17-22(3)15-16-24(27)5/h6-17,21,28H,18-20H2,1-5H3,(H,31,34)/t28-/m0/s1. The number of nitrogens with zero attached hydrogens (tertiary/aromatic N) is 1. The maximum absolute atomic E-state index is 13.9. The molecule has 4 nitrogen and oxygen atoms in total.